The number of hydrogen-bond acceptors (Lipinski definition) is 16. The largest absolute Gasteiger partial charge is 0.462 e. The molecule has 0 saturated carbocycles. The molecule has 3 aliphatic heterocycles. The maximum atomic E-state index is 13.3. The molecule has 0 radical (unpaired) electrons. The molecule has 3 heterocycles. The second-order valence-corrected chi connectivity index (χ2v) is 16.9. The monoisotopic (exact) mass is 827 g/mol. The number of carbonyl (C=O) groups is 4. The number of carbonyl (C=O) groups excluding carboxylic acids is 4. The normalized spacial score (nSPS) is 38.4. The number of cyclic esters (lactones) is 1. The van der Waals surface area contributed by atoms with Gasteiger partial charge in [0.1, 0.15) is 36.1 Å². The third kappa shape index (κ3) is 14.2. The number of aliphatic hydroxyl groups is 3. The Labute approximate surface area is 343 Å². The third-order valence-corrected chi connectivity index (χ3v) is 10.9. The van der Waals surface area contributed by atoms with E-state index < -0.39 is 115 Å². The fourth-order valence-electron chi connectivity index (χ4n) is 8.07. The number of rotatable bonds is 12. The minimum absolute atomic E-state index is 0.0437. The van der Waals surface area contributed by atoms with E-state index in [4.69, 9.17) is 37.9 Å². The fraction of sp³-hybridized carbons (Fsp3) is 0.810. The number of nitrogens with zero attached hydrogens (tertiary/aromatic N) is 1. The van der Waals surface area contributed by atoms with Crippen molar-refractivity contribution in [2.45, 2.75) is 173 Å². The standard InChI is InChI=1S/C42H69NO15/c1-23(2)19-32(47)56-40-27(6)53-34(22-42(40,8)50)57-37-26(5)54-41(36(49)35(37)43(9)10)58-38-29(17-18-44)20-24(3)30(46)16-14-12-13-15-25(4)52-33(48)21-31(39(38)51-11)55-28(7)45/h12-14,16,23-27,29,31,34-41,44,49-50H,15,17-22H2,1-11H3. The molecule has 0 aromatic carbocycles. The molecule has 0 aromatic rings. The molecule has 2 saturated heterocycles. The van der Waals surface area contributed by atoms with Gasteiger partial charge in [-0.2, -0.15) is 0 Å². The van der Waals surface area contributed by atoms with Crippen molar-refractivity contribution in [1.82, 2.24) is 4.90 Å². The van der Waals surface area contributed by atoms with Crippen LogP contribution in [0.1, 0.15) is 93.9 Å². The number of hydrogen-bond donors (Lipinski definition) is 3. The Balaban J connectivity index is 1.98. The molecular formula is C42H69NO15. The van der Waals surface area contributed by atoms with Crippen LogP contribution in [-0.2, 0) is 57.1 Å². The van der Waals surface area contributed by atoms with Crippen LogP contribution in [0.4, 0.5) is 0 Å². The molecular weight excluding hydrogens is 758 g/mol. The van der Waals surface area contributed by atoms with Crippen LogP contribution in [0.25, 0.3) is 0 Å². The van der Waals surface area contributed by atoms with E-state index in [0.717, 1.165) is 0 Å². The number of methoxy groups -OCH3 is 1. The van der Waals surface area contributed by atoms with Crippen LogP contribution in [0.3, 0.4) is 0 Å². The number of ketones is 1. The molecule has 16 nitrogen and oxygen atoms in total. The Kier molecular flexibility index (Phi) is 19.4. The summed E-state index contributed by atoms with van der Waals surface area (Å²) in [4.78, 5) is 53.3. The highest BCUT2D eigenvalue weighted by Crippen LogP contribution is 2.37. The minimum Gasteiger partial charge on any atom is -0.462 e. The van der Waals surface area contributed by atoms with Gasteiger partial charge in [-0.05, 0) is 72.5 Å². The second-order valence-electron chi connectivity index (χ2n) is 16.9. The second kappa shape index (κ2) is 22.7. The molecule has 15 unspecified atom stereocenters. The first-order valence-electron chi connectivity index (χ1n) is 20.4. The quantitative estimate of drug-likeness (QED) is 0.191. The van der Waals surface area contributed by atoms with E-state index in [-0.39, 0.29) is 44.0 Å². The van der Waals surface area contributed by atoms with Crippen LogP contribution in [0, 0.1) is 17.8 Å². The molecule has 0 amide bonds. The molecule has 3 N–H and O–H groups in total. The van der Waals surface area contributed by atoms with Crippen molar-refractivity contribution in [2.24, 2.45) is 17.8 Å². The number of allylic oxidation sites excluding steroid dienone is 3. The smallest absolute Gasteiger partial charge is 0.309 e. The predicted octanol–water partition coefficient (Wildman–Crippen LogP) is 3.02. The summed E-state index contributed by atoms with van der Waals surface area (Å²) in [6.07, 6.45) is -3.98. The van der Waals surface area contributed by atoms with Crippen LogP contribution < -0.4 is 0 Å². The van der Waals surface area contributed by atoms with E-state index in [0.29, 0.717) is 6.42 Å². The molecule has 332 valence electrons. The SMILES string of the molecule is COC1C(OC(C)=O)CC(=O)OC(C)CC=CC=CC(=O)C(C)CC(CCO)C1OC1OC(C)C(OC2CC(C)(O)C(OC(=O)CC(C)C)C(C)O2)C(N(C)C)C1O. The Morgan fingerprint density at radius 1 is 1.00 bits per heavy atom. The Morgan fingerprint density at radius 3 is 2.28 bits per heavy atom. The van der Waals surface area contributed by atoms with Crippen molar-refractivity contribution < 1.29 is 72.4 Å². The summed E-state index contributed by atoms with van der Waals surface area (Å²) in [5, 5.41) is 33.8. The average Bonchev–Trinajstić information content (AvgIpc) is 3.09. The Bertz CT molecular complexity index is 1400. The summed E-state index contributed by atoms with van der Waals surface area (Å²) >= 11 is 0. The van der Waals surface area contributed by atoms with E-state index in [1.165, 1.54) is 20.1 Å². The van der Waals surface area contributed by atoms with E-state index in [2.05, 4.69) is 0 Å². The lowest BCUT2D eigenvalue weighted by Crippen LogP contribution is -2.66. The van der Waals surface area contributed by atoms with Crippen LogP contribution in [0.15, 0.2) is 24.3 Å². The maximum absolute atomic E-state index is 13.3. The van der Waals surface area contributed by atoms with E-state index in [9.17, 15) is 34.5 Å². The van der Waals surface area contributed by atoms with E-state index in [1.54, 1.807) is 71.8 Å². The first-order valence-corrected chi connectivity index (χ1v) is 20.4. The van der Waals surface area contributed by atoms with Gasteiger partial charge in [0, 0.05) is 45.8 Å². The predicted molar refractivity (Wildman–Crippen MR) is 210 cm³/mol. The molecule has 0 aliphatic carbocycles. The minimum atomic E-state index is -1.50. The van der Waals surface area contributed by atoms with Crippen molar-refractivity contribution >= 4 is 23.7 Å². The van der Waals surface area contributed by atoms with Gasteiger partial charge in [0.25, 0.3) is 0 Å². The van der Waals surface area contributed by atoms with Gasteiger partial charge in [0.05, 0.1) is 30.8 Å². The van der Waals surface area contributed by atoms with Crippen LogP contribution in [-0.4, -0.2) is 151 Å². The van der Waals surface area contributed by atoms with Crippen molar-refractivity contribution in [3.05, 3.63) is 24.3 Å². The Morgan fingerprint density at radius 2 is 1.69 bits per heavy atom. The summed E-state index contributed by atoms with van der Waals surface area (Å²) < 4.78 is 48.6. The fourth-order valence-corrected chi connectivity index (χ4v) is 8.07. The van der Waals surface area contributed by atoms with Gasteiger partial charge in [0.15, 0.2) is 24.5 Å². The van der Waals surface area contributed by atoms with Gasteiger partial charge < -0.3 is 58.1 Å². The lowest BCUT2D eigenvalue weighted by atomic mass is 9.82. The summed E-state index contributed by atoms with van der Waals surface area (Å²) in [6.45, 7) is 13.2. The zero-order valence-corrected chi connectivity index (χ0v) is 36.1. The number of aliphatic hydroxyl groups excluding tert-OH is 2. The molecule has 2 fully saturated rings. The van der Waals surface area contributed by atoms with Gasteiger partial charge in [-0.15, -0.1) is 0 Å². The zero-order valence-electron chi connectivity index (χ0n) is 36.1. The van der Waals surface area contributed by atoms with Gasteiger partial charge in [-0.25, -0.2) is 0 Å². The Hall–Kier alpha value is -2.80. The number of likely N-dealkylation sites (N-methyl/N-ethyl adjacent to an activating group) is 1. The van der Waals surface area contributed by atoms with E-state index >= 15 is 0 Å². The summed E-state index contributed by atoms with van der Waals surface area (Å²) in [7, 11) is 4.87. The lowest BCUT2D eigenvalue weighted by molar-refractivity contribution is -0.344. The molecule has 0 bridgehead atoms. The van der Waals surface area contributed by atoms with Crippen LogP contribution in [0.2, 0.25) is 0 Å². The third-order valence-electron chi connectivity index (χ3n) is 10.9. The summed E-state index contributed by atoms with van der Waals surface area (Å²) in [6, 6.07) is -0.776. The highest BCUT2D eigenvalue weighted by atomic mass is 16.7. The molecule has 0 spiro atoms. The van der Waals surface area contributed by atoms with Gasteiger partial charge in [-0.3, -0.25) is 19.2 Å². The first kappa shape index (κ1) is 49.6. The average molecular weight is 828 g/mol. The van der Waals surface area contributed by atoms with Crippen molar-refractivity contribution in [3.8, 4) is 0 Å². The van der Waals surface area contributed by atoms with Crippen LogP contribution in [0.5, 0.6) is 0 Å². The summed E-state index contributed by atoms with van der Waals surface area (Å²) in [5.74, 6) is -3.06. The lowest BCUT2D eigenvalue weighted by Gasteiger charge is -2.50. The zero-order chi connectivity index (χ0) is 43.5. The highest BCUT2D eigenvalue weighted by Gasteiger charge is 2.53. The molecule has 58 heavy (non-hydrogen) atoms. The first-order chi connectivity index (χ1) is 27.2. The maximum Gasteiger partial charge on any atom is 0.309 e. The molecule has 16 heteroatoms. The number of esters is 3. The highest BCUT2D eigenvalue weighted by molar-refractivity contribution is 5.91. The molecule has 3 rings (SSSR count). The van der Waals surface area contributed by atoms with Crippen molar-refractivity contribution in [2.75, 3.05) is 27.8 Å². The summed E-state index contributed by atoms with van der Waals surface area (Å²) in [5.41, 5.74) is -1.50. The van der Waals surface area contributed by atoms with Crippen molar-refractivity contribution in [3.63, 3.8) is 0 Å². The number of ether oxygens (including phenoxy) is 8. The van der Waals surface area contributed by atoms with Gasteiger partial charge in [0.2, 0.25) is 0 Å². The topological polar surface area (TPSA) is 206 Å². The van der Waals surface area contributed by atoms with Gasteiger partial charge in [-0.1, -0.05) is 39.0 Å². The van der Waals surface area contributed by atoms with E-state index in [1.807, 2.05) is 13.8 Å². The van der Waals surface area contributed by atoms with Crippen molar-refractivity contribution in [1.29, 1.82) is 0 Å². The van der Waals surface area contributed by atoms with Gasteiger partial charge >= 0.3 is 17.9 Å². The molecule has 15 atom stereocenters. The molecule has 3 aliphatic rings. The van der Waals surface area contributed by atoms with Crippen LogP contribution >= 0.6 is 0 Å². The molecule has 0 aromatic heterocycles.